The van der Waals surface area contributed by atoms with Crippen LogP contribution in [0.5, 0.6) is 0 Å². The Kier molecular flexibility index (Phi) is 7.44. The zero-order chi connectivity index (χ0) is 24.1. The Balaban J connectivity index is 1.99. The van der Waals surface area contributed by atoms with E-state index in [4.69, 9.17) is 16.7 Å². The number of halogens is 1. The van der Waals surface area contributed by atoms with E-state index < -0.39 is 28.6 Å². The molecule has 1 saturated heterocycles. The highest BCUT2D eigenvalue weighted by Gasteiger charge is 2.45. The van der Waals surface area contributed by atoms with Gasteiger partial charge in [-0.25, -0.2) is 0 Å². The highest BCUT2D eigenvalue weighted by Crippen LogP contribution is 2.40. The highest BCUT2D eigenvalue weighted by molar-refractivity contribution is 6.46. The van der Waals surface area contributed by atoms with Crippen LogP contribution < -0.4 is 0 Å². The number of nitro benzene ring substituents is 1. The number of ketones is 1. The molecule has 9 nitrogen and oxygen atoms in total. The molecular formula is C23H21ClN2O7. The normalized spacial score (nSPS) is 17.4. The summed E-state index contributed by atoms with van der Waals surface area (Å²) in [5, 5.41) is 31.2. The van der Waals surface area contributed by atoms with Crippen LogP contribution in [-0.2, 0) is 14.4 Å². The van der Waals surface area contributed by atoms with Crippen molar-refractivity contribution in [1.82, 2.24) is 4.90 Å². The maximum Gasteiger partial charge on any atom is 0.303 e. The van der Waals surface area contributed by atoms with Gasteiger partial charge in [0.15, 0.2) is 0 Å². The fourth-order valence-corrected chi connectivity index (χ4v) is 3.86. The lowest BCUT2D eigenvalue weighted by Gasteiger charge is -2.25. The number of hydrogen-bond acceptors (Lipinski definition) is 6. The van der Waals surface area contributed by atoms with Gasteiger partial charge in [0, 0.05) is 35.7 Å². The van der Waals surface area contributed by atoms with Crippen LogP contribution in [-0.4, -0.2) is 44.2 Å². The average Bonchev–Trinajstić information content (AvgIpc) is 3.03. The first-order valence-electron chi connectivity index (χ1n) is 10.2. The quantitative estimate of drug-likeness (QED) is 0.138. The van der Waals surface area contributed by atoms with E-state index in [0.717, 1.165) is 0 Å². The van der Waals surface area contributed by atoms with Crippen molar-refractivity contribution in [1.29, 1.82) is 0 Å². The second kappa shape index (κ2) is 10.3. The number of unbranched alkanes of at least 4 members (excludes halogenated alkanes) is 2. The Morgan fingerprint density at radius 3 is 2.21 bits per heavy atom. The number of carboxylic acids is 1. The molecule has 10 heteroatoms. The van der Waals surface area contributed by atoms with Crippen LogP contribution in [0.25, 0.3) is 5.76 Å². The predicted octanol–water partition coefficient (Wildman–Crippen LogP) is 4.31. The van der Waals surface area contributed by atoms with E-state index in [1.165, 1.54) is 53.4 Å². The molecule has 0 unspecified atom stereocenters. The fourth-order valence-electron chi connectivity index (χ4n) is 3.73. The van der Waals surface area contributed by atoms with Crippen molar-refractivity contribution in [3.05, 3.63) is 80.4 Å². The van der Waals surface area contributed by atoms with Gasteiger partial charge in [-0.3, -0.25) is 24.5 Å². The molecule has 0 aromatic heterocycles. The van der Waals surface area contributed by atoms with Gasteiger partial charge in [0.2, 0.25) is 0 Å². The molecular weight excluding hydrogens is 452 g/mol. The first kappa shape index (κ1) is 23.9. The molecule has 0 aliphatic carbocycles. The van der Waals surface area contributed by atoms with Gasteiger partial charge in [-0.1, -0.05) is 18.0 Å². The summed E-state index contributed by atoms with van der Waals surface area (Å²) >= 11 is 5.90. The zero-order valence-electron chi connectivity index (χ0n) is 17.4. The zero-order valence-corrected chi connectivity index (χ0v) is 18.2. The summed E-state index contributed by atoms with van der Waals surface area (Å²) in [5.41, 5.74) is 0.454. The molecule has 0 saturated carbocycles. The summed E-state index contributed by atoms with van der Waals surface area (Å²) in [6, 6.07) is 10.6. The van der Waals surface area contributed by atoms with Gasteiger partial charge in [0.1, 0.15) is 5.76 Å². The fraction of sp³-hybridized carbons (Fsp3) is 0.261. The number of carboxylic acid groups (broad SMARTS) is 1. The number of nitro groups is 1. The second-order valence-electron chi connectivity index (χ2n) is 7.55. The van der Waals surface area contributed by atoms with Crippen LogP contribution >= 0.6 is 11.6 Å². The number of carbonyl (C=O) groups excluding carboxylic acids is 2. The average molecular weight is 473 g/mol. The summed E-state index contributed by atoms with van der Waals surface area (Å²) in [6.07, 6.45) is 1.40. The van der Waals surface area contributed by atoms with Crippen LogP contribution in [0, 0.1) is 10.1 Å². The third-order valence-corrected chi connectivity index (χ3v) is 5.62. The Morgan fingerprint density at radius 2 is 1.64 bits per heavy atom. The van der Waals surface area contributed by atoms with Gasteiger partial charge in [0.05, 0.1) is 16.5 Å². The Labute approximate surface area is 194 Å². The Hall–Kier alpha value is -3.72. The molecule has 0 spiro atoms. The minimum absolute atomic E-state index is 0.00116. The van der Waals surface area contributed by atoms with Crippen molar-refractivity contribution in [2.75, 3.05) is 6.54 Å². The van der Waals surface area contributed by atoms with Crippen molar-refractivity contribution < 1.29 is 29.5 Å². The van der Waals surface area contributed by atoms with Crippen LogP contribution in [0.3, 0.4) is 0 Å². The monoisotopic (exact) mass is 472 g/mol. The molecule has 2 aromatic rings. The third kappa shape index (κ3) is 5.38. The number of hydrogen-bond donors (Lipinski definition) is 2. The van der Waals surface area contributed by atoms with Gasteiger partial charge in [0.25, 0.3) is 17.4 Å². The maximum absolute atomic E-state index is 12.9. The Bertz CT molecular complexity index is 1110. The number of carbonyl (C=O) groups is 3. The number of rotatable bonds is 9. The van der Waals surface area contributed by atoms with Crippen molar-refractivity contribution in [3.8, 4) is 0 Å². The lowest BCUT2D eigenvalue weighted by atomic mass is 9.95. The topological polar surface area (TPSA) is 138 Å². The van der Waals surface area contributed by atoms with Gasteiger partial charge in [-0.15, -0.1) is 0 Å². The van der Waals surface area contributed by atoms with Crippen molar-refractivity contribution in [3.63, 3.8) is 0 Å². The first-order valence-corrected chi connectivity index (χ1v) is 10.6. The summed E-state index contributed by atoms with van der Waals surface area (Å²) in [5.74, 6) is -2.95. The summed E-state index contributed by atoms with van der Waals surface area (Å²) in [4.78, 5) is 48.2. The molecule has 3 rings (SSSR count). The molecule has 1 aliphatic heterocycles. The number of amides is 1. The molecule has 2 N–H and O–H groups in total. The predicted molar refractivity (Wildman–Crippen MR) is 120 cm³/mol. The van der Waals surface area contributed by atoms with Gasteiger partial charge < -0.3 is 15.1 Å². The molecule has 0 bridgehead atoms. The smallest absolute Gasteiger partial charge is 0.303 e. The largest absolute Gasteiger partial charge is 0.507 e. The number of likely N-dealkylation sites (tertiary alicyclic amines) is 1. The molecule has 1 atom stereocenters. The number of non-ortho nitro benzene ring substituents is 1. The SMILES string of the molecule is O=C(O)CCCCCN1C(=O)C(=O)C(=C(O)c2ccc(Cl)cc2)[C@H]1c1ccc([N+](=O)[O-])cc1. The minimum Gasteiger partial charge on any atom is -0.507 e. The molecule has 1 heterocycles. The van der Waals surface area contributed by atoms with E-state index in [0.29, 0.717) is 35.4 Å². The lowest BCUT2D eigenvalue weighted by Crippen LogP contribution is -2.30. The van der Waals surface area contributed by atoms with E-state index in [1.54, 1.807) is 0 Å². The number of aliphatic hydroxyl groups excluding tert-OH is 1. The van der Waals surface area contributed by atoms with Crippen molar-refractivity contribution in [2.45, 2.75) is 31.7 Å². The lowest BCUT2D eigenvalue weighted by molar-refractivity contribution is -0.384. The number of nitrogens with zero attached hydrogens (tertiary/aromatic N) is 2. The highest BCUT2D eigenvalue weighted by atomic mass is 35.5. The number of benzene rings is 2. The molecule has 33 heavy (non-hydrogen) atoms. The summed E-state index contributed by atoms with van der Waals surface area (Å²) < 4.78 is 0. The van der Waals surface area contributed by atoms with Crippen LogP contribution in [0.15, 0.2) is 54.1 Å². The third-order valence-electron chi connectivity index (χ3n) is 5.37. The van der Waals surface area contributed by atoms with Gasteiger partial charge in [-0.2, -0.15) is 0 Å². The minimum atomic E-state index is -0.944. The molecule has 1 fully saturated rings. The summed E-state index contributed by atoms with van der Waals surface area (Å²) in [7, 11) is 0. The van der Waals surface area contributed by atoms with Crippen molar-refractivity contribution in [2.24, 2.45) is 0 Å². The van der Waals surface area contributed by atoms with E-state index in [9.17, 15) is 29.6 Å². The second-order valence-corrected chi connectivity index (χ2v) is 7.99. The number of Topliss-reactive ketones (excluding diaryl/α,β-unsaturated/α-hetero) is 1. The van der Waals surface area contributed by atoms with E-state index >= 15 is 0 Å². The maximum atomic E-state index is 12.9. The molecule has 0 radical (unpaired) electrons. The van der Waals surface area contributed by atoms with Crippen molar-refractivity contribution >= 4 is 40.7 Å². The van der Waals surface area contributed by atoms with Crippen LogP contribution in [0.2, 0.25) is 5.02 Å². The molecule has 2 aromatic carbocycles. The number of aliphatic hydroxyl groups is 1. The molecule has 1 amide bonds. The van der Waals surface area contributed by atoms with E-state index in [2.05, 4.69) is 0 Å². The standard InChI is InChI=1S/C23H21ClN2O7/c24-16-9-5-15(6-10-16)21(29)19-20(14-7-11-17(12-8-14)26(32)33)25(23(31)22(19)30)13-3-1-2-4-18(27)28/h5-12,20,29H,1-4,13H2,(H,27,28)/t20-/m1/s1. The first-order chi connectivity index (χ1) is 15.7. The van der Waals surface area contributed by atoms with Gasteiger partial charge >= 0.3 is 5.97 Å². The van der Waals surface area contributed by atoms with Gasteiger partial charge in [-0.05, 0) is 54.8 Å². The molecule has 1 aliphatic rings. The van der Waals surface area contributed by atoms with Crippen LogP contribution in [0.4, 0.5) is 5.69 Å². The van der Waals surface area contributed by atoms with E-state index in [1.807, 2.05) is 0 Å². The Morgan fingerprint density at radius 1 is 1.00 bits per heavy atom. The summed E-state index contributed by atoms with van der Waals surface area (Å²) in [6.45, 7) is 0.156. The number of aliphatic carboxylic acids is 1. The molecule has 172 valence electrons. The van der Waals surface area contributed by atoms with Crippen LogP contribution in [0.1, 0.15) is 42.9 Å². The van der Waals surface area contributed by atoms with E-state index in [-0.39, 0.29) is 30.0 Å².